The van der Waals surface area contributed by atoms with Gasteiger partial charge >= 0.3 is 0 Å². The molecule has 0 aromatic heterocycles. The van der Waals surface area contributed by atoms with E-state index in [0.29, 0.717) is 5.92 Å². The number of amides is 1. The molecular formula is C21H25NO. The van der Waals surface area contributed by atoms with E-state index in [9.17, 15) is 4.79 Å². The normalized spacial score (nSPS) is 16.3. The molecule has 1 N–H and O–H groups in total. The summed E-state index contributed by atoms with van der Waals surface area (Å²) in [6, 6.07) is 16.4. The lowest BCUT2D eigenvalue weighted by molar-refractivity contribution is -0.118. The van der Waals surface area contributed by atoms with E-state index in [1.165, 1.54) is 12.8 Å². The van der Waals surface area contributed by atoms with E-state index < -0.39 is 0 Å². The third-order valence-corrected chi connectivity index (χ3v) is 5.04. The molecule has 1 aliphatic carbocycles. The average Bonchev–Trinajstić information content (AvgIpc) is 3.06. The molecule has 1 saturated carbocycles. The van der Waals surface area contributed by atoms with Crippen LogP contribution >= 0.6 is 0 Å². The van der Waals surface area contributed by atoms with Gasteiger partial charge < -0.3 is 5.32 Å². The molecule has 0 bridgehead atoms. The summed E-state index contributed by atoms with van der Waals surface area (Å²) in [7, 11) is 0. The molecule has 0 saturated heterocycles. The van der Waals surface area contributed by atoms with Crippen LogP contribution in [0.25, 0.3) is 0 Å². The number of carbonyl (C=O) groups excluding carboxylic acids is 1. The molecule has 2 nitrogen and oxygen atoms in total. The van der Waals surface area contributed by atoms with Gasteiger partial charge in [-0.3, -0.25) is 4.79 Å². The molecular weight excluding hydrogens is 282 g/mol. The Morgan fingerprint density at radius 1 is 0.957 bits per heavy atom. The van der Waals surface area contributed by atoms with Crippen LogP contribution in [-0.2, 0) is 4.79 Å². The van der Waals surface area contributed by atoms with Gasteiger partial charge in [0.2, 0.25) is 5.91 Å². The van der Waals surface area contributed by atoms with Gasteiger partial charge in [-0.15, -0.1) is 0 Å². The van der Waals surface area contributed by atoms with Crippen LogP contribution in [0.2, 0.25) is 0 Å². The van der Waals surface area contributed by atoms with Gasteiger partial charge in [0.05, 0.1) is 5.92 Å². The summed E-state index contributed by atoms with van der Waals surface area (Å²) < 4.78 is 0. The molecule has 1 atom stereocenters. The fraction of sp³-hybridized carbons (Fsp3) is 0.381. The van der Waals surface area contributed by atoms with E-state index in [1.54, 1.807) is 0 Å². The Labute approximate surface area is 138 Å². The zero-order valence-electron chi connectivity index (χ0n) is 14.0. The molecule has 0 aliphatic heterocycles. The molecule has 1 aliphatic rings. The first kappa shape index (κ1) is 15.8. The van der Waals surface area contributed by atoms with Gasteiger partial charge in [0.25, 0.3) is 0 Å². The highest BCUT2D eigenvalue weighted by molar-refractivity contribution is 5.97. The lowest BCUT2D eigenvalue weighted by Gasteiger charge is -2.24. The number of hydrogen-bond acceptors (Lipinski definition) is 1. The number of hydrogen-bond donors (Lipinski definition) is 1. The molecule has 0 radical (unpaired) electrons. The topological polar surface area (TPSA) is 29.1 Å². The van der Waals surface area contributed by atoms with Crippen LogP contribution in [0.3, 0.4) is 0 Å². The lowest BCUT2D eigenvalue weighted by atomic mass is 9.84. The van der Waals surface area contributed by atoms with E-state index in [2.05, 4.69) is 43.4 Å². The van der Waals surface area contributed by atoms with Crippen molar-refractivity contribution in [2.24, 2.45) is 5.92 Å². The first-order valence-electron chi connectivity index (χ1n) is 8.59. The molecule has 1 fully saturated rings. The van der Waals surface area contributed by atoms with Gasteiger partial charge in [-0.2, -0.15) is 0 Å². The molecule has 0 spiro atoms. The molecule has 3 rings (SSSR count). The minimum atomic E-state index is -0.0438. The van der Waals surface area contributed by atoms with Gasteiger partial charge in [-0.1, -0.05) is 61.4 Å². The number of aryl methyl sites for hydroxylation is 2. The molecule has 0 heterocycles. The fourth-order valence-corrected chi connectivity index (χ4v) is 3.80. The summed E-state index contributed by atoms with van der Waals surface area (Å²) >= 11 is 0. The van der Waals surface area contributed by atoms with Crippen LogP contribution < -0.4 is 5.32 Å². The molecule has 2 heteroatoms. The van der Waals surface area contributed by atoms with E-state index in [0.717, 1.165) is 35.2 Å². The van der Waals surface area contributed by atoms with Crippen LogP contribution in [0.4, 0.5) is 5.69 Å². The Hall–Kier alpha value is -2.09. The summed E-state index contributed by atoms with van der Waals surface area (Å²) in [4.78, 5) is 13.1. The van der Waals surface area contributed by atoms with Crippen LogP contribution in [0.1, 0.15) is 48.3 Å². The van der Waals surface area contributed by atoms with Crippen LogP contribution in [-0.4, -0.2) is 5.91 Å². The Morgan fingerprint density at radius 3 is 2.17 bits per heavy atom. The summed E-state index contributed by atoms with van der Waals surface area (Å²) in [5.41, 5.74) is 4.35. The van der Waals surface area contributed by atoms with E-state index in [1.807, 2.05) is 24.3 Å². The van der Waals surface area contributed by atoms with Crippen molar-refractivity contribution in [1.82, 2.24) is 0 Å². The standard InChI is InChI=1S/C21H25NO/c1-15-9-8-10-16(2)20(15)22-21(23)19(18-13-6-7-14-18)17-11-4-3-5-12-17/h3-5,8-12,18-19H,6-7,13-14H2,1-2H3,(H,22,23)/t19-/m0/s1. The smallest absolute Gasteiger partial charge is 0.232 e. The van der Waals surface area contributed by atoms with Crippen molar-refractivity contribution < 1.29 is 4.79 Å². The molecule has 0 unspecified atom stereocenters. The van der Waals surface area contributed by atoms with Crippen molar-refractivity contribution in [2.75, 3.05) is 5.32 Å². The Morgan fingerprint density at radius 2 is 1.57 bits per heavy atom. The number of benzene rings is 2. The summed E-state index contributed by atoms with van der Waals surface area (Å²) in [5, 5.41) is 3.22. The van der Waals surface area contributed by atoms with Crippen molar-refractivity contribution >= 4 is 11.6 Å². The number of rotatable bonds is 4. The first-order valence-corrected chi connectivity index (χ1v) is 8.59. The zero-order chi connectivity index (χ0) is 16.2. The van der Waals surface area contributed by atoms with Gasteiger partial charge in [-0.05, 0) is 49.3 Å². The number of nitrogens with one attached hydrogen (secondary N) is 1. The number of carbonyl (C=O) groups is 1. The van der Waals surface area contributed by atoms with Crippen LogP contribution in [0, 0.1) is 19.8 Å². The quantitative estimate of drug-likeness (QED) is 0.824. The van der Waals surface area contributed by atoms with E-state index in [4.69, 9.17) is 0 Å². The summed E-state index contributed by atoms with van der Waals surface area (Å²) in [6.45, 7) is 4.10. The van der Waals surface area contributed by atoms with Gasteiger partial charge in [0, 0.05) is 5.69 Å². The number of anilines is 1. The summed E-state index contributed by atoms with van der Waals surface area (Å²) in [6.07, 6.45) is 4.79. The minimum Gasteiger partial charge on any atom is -0.325 e. The van der Waals surface area contributed by atoms with E-state index in [-0.39, 0.29) is 11.8 Å². The van der Waals surface area contributed by atoms with Crippen molar-refractivity contribution in [1.29, 1.82) is 0 Å². The fourth-order valence-electron chi connectivity index (χ4n) is 3.80. The second-order valence-corrected chi connectivity index (χ2v) is 6.69. The maximum atomic E-state index is 13.1. The second kappa shape index (κ2) is 6.99. The Bertz CT molecular complexity index is 651. The molecule has 120 valence electrons. The predicted octanol–water partition coefficient (Wildman–Crippen LogP) is 5.22. The Balaban J connectivity index is 1.89. The highest BCUT2D eigenvalue weighted by atomic mass is 16.1. The predicted molar refractivity (Wildman–Crippen MR) is 95.7 cm³/mol. The zero-order valence-corrected chi connectivity index (χ0v) is 14.0. The van der Waals surface area contributed by atoms with Gasteiger partial charge in [-0.25, -0.2) is 0 Å². The molecule has 2 aromatic carbocycles. The molecule has 23 heavy (non-hydrogen) atoms. The van der Waals surface area contributed by atoms with Crippen LogP contribution in [0.5, 0.6) is 0 Å². The highest BCUT2D eigenvalue weighted by Gasteiger charge is 2.32. The summed E-state index contributed by atoms with van der Waals surface area (Å²) in [5.74, 6) is 0.555. The third-order valence-electron chi connectivity index (χ3n) is 5.04. The van der Waals surface area contributed by atoms with Crippen molar-refractivity contribution in [3.8, 4) is 0 Å². The Kier molecular flexibility index (Phi) is 4.80. The van der Waals surface area contributed by atoms with E-state index >= 15 is 0 Å². The SMILES string of the molecule is Cc1cccc(C)c1NC(=O)[C@@H](c1ccccc1)C1CCCC1. The monoisotopic (exact) mass is 307 g/mol. The van der Waals surface area contributed by atoms with Crippen molar-refractivity contribution in [3.63, 3.8) is 0 Å². The minimum absolute atomic E-state index is 0.0438. The second-order valence-electron chi connectivity index (χ2n) is 6.69. The molecule has 1 amide bonds. The largest absolute Gasteiger partial charge is 0.325 e. The maximum Gasteiger partial charge on any atom is 0.232 e. The lowest BCUT2D eigenvalue weighted by Crippen LogP contribution is -2.27. The maximum absolute atomic E-state index is 13.1. The number of para-hydroxylation sites is 1. The highest BCUT2D eigenvalue weighted by Crippen LogP contribution is 2.38. The van der Waals surface area contributed by atoms with Gasteiger partial charge in [0.1, 0.15) is 0 Å². The van der Waals surface area contributed by atoms with Gasteiger partial charge in [0.15, 0.2) is 0 Å². The van der Waals surface area contributed by atoms with Crippen molar-refractivity contribution in [2.45, 2.75) is 45.4 Å². The first-order chi connectivity index (χ1) is 11.2. The third kappa shape index (κ3) is 3.47. The van der Waals surface area contributed by atoms with Crippen LogP contribution in [0.15, 0.2) is 48.5 Å². The molecule has 2 aromatic rings. The average molecular weight is 307 g/mol. The van der Waals surface area contributed by atoms with Crippen molar-refractivity contribution in [3.05, 3.63) is 65.2 Å².